The van der Waals surface area contributed by atoms with Gasteiger partial charge in [0.15, 0.2) is 18.7 Å². The molecule has 0 N–H and O–H groups in total. The van der Waals surface area contributed by atoms with E-state index in [1.54, 1.807) is 0 Å². The molecule has 2 aromatic rings. The third kappa shape index (κ3) is 4.31. The summed E-state index contributed by atoms with van der Waals surface area (Å²) in [5.41, 5.74) is 3.45. The first kappa shape index (κ1) is 16.9. The molecule has 3 rings (SSSR count). The molecular formula is C21H26NO2+. The lowest BCUT2D eigenvalue weighted by atomic mass is 10.1. The van der Waals surface area contributed by atoms with Crippen LogP contribution in [0.5, 0.6) is 0 Å². The van der Waals surface area contributed by atoms with Crippen LogP contribution in [-0.4, -0.2) is 12.2 Å². The Labute approximate surface area is 144 Å². The minimum atomic E-state index is -0.245. The van der Waals surface area contributed by atoms with E-state index in [0.29, 0.717) is 0 Å². The van der Waals surface area contributed by atoms with Gasteiger partial charge in [-0.2, -0.15) is 0 Å². The molecule has 3 unspecified atom stereocenters. The van der Waals surface area contributed by atoms with E-state index in [9.17, 15) is 0 Å². The summed E-state index contributed by atoms with van der Waals surface area (Å²) in [5, 5.41) is 0. The van der Waals surface area contributed by atoms with Crippen molar-refractivity contribution in [3.8, 4) is 0 Å². The van der Waals surface area contributed by atoms with Crippen LogP contribution in [0.25, 0.3) is 12.2 Å². The zero-order chi connectivity index (χ0) is 16.9. The maximum atomic E-state index is 6.03. The fourth-order valence-electron chi connectivity index (χ4n) is 2.90. The average molecular weight is 324 g/mol. The summed E-state index contributed by atoms with van der Waals surface area (Å²) in [5.74, 6) is 0. The van der Waals surface area contributed by atoms with E-state index in [-0.39, 0.29) is 18.5 Å². The number of ether oxygens (including phenoxy) is 2. The normalized spacial score (nSPS) is 24.4. The smallest absolute Gasteiger partial charge is 0.184 e. The maximum absolute atomic E-state index is 6.03. The molecule has 0 saturated carbocycles. The van der Waals surface area contributed by atoms with Gasteiger partial charge in [0.1, 0.15) is 7.05 Å². The van der Waals surface area contributed by atoms with E-state index < -0.39 is 0 Å². The van der Waals surface area contributed by atoms with Crippen LogP contribution in [0.3, 0.4) is 0 Å². The Hall–Kier alpha value is -1.97. The van der Waals surface area contributed by atoms with Crippen LogP contribution in [0, 0.1) is 0 Å². The van der Waals surface area contributed by atoms with Crippen LogP contribution in [0.1, 0.15) is 49.7 Å². The van der Waals surface area contributed by atoms with E-state index >= 15 is 0 Å². The molecule has 0 amide bonds. The molecule has 2 heterocycles. The van der Waals surface area contributed by atoms with Crippen molar-refractivity contribution < 1.29 is 14.0 Å². The fourth-order valence-corrected chi connectivity index (χ4v) is 2.90. The first-order chi connectivity index (χ1) is 11.6. The van der Waals surface area contributed by atoms with Crippen LogP contribution in [0.15, 0.2) is 48.8 Å². The number of aromatic nitrogens is 1. The maximum Gasteiger partial charge on any atom is 0.184 e. The molecule has 0 aliphatic carbocycles. The zero-order valence-electron chi connectivity index (χ0n) is 14.7. The predicted molar refractivity (Wildman–Crippen MR) is 96.1 cm³/mol. The second kappa shape index (κ2) is 7.73. The average Bonchev–Trinajstić information content (AvgIpc) is 2.61. The summed E-state index contributed by atoms with van der Waals surface area (Å²) < 4.78 is 14.0. The zero-order valence-corrected chi connectivity index (χ0v) is 14.7. The molecule has 3 atom stereocenters. The summed E-state index contributed by atoms with van der Waals surface area (Å²) >= 11 is 0. The Morgan fingerprint density at radius 2 is 1.62 bits per heavy atom. The molecule has 24 heavy (non-hydrogen) atoms. The highest BCUT2D eigenvalue weighted by Gasteiger charge is 2.27. The van der Waals surface area contributed by atoms with Crippen molar-refractivity contribution in [3.05, 3.63) is 65.5 Å². The molecule has 0 spiro atoms. The lowest BCUT2D eigenvalue weighted by Gasteiger charge is -2.34. The van der Waals surface area contributed by atoms with Gasteiger partial charge in [0, 0.05) is 17.7 Å². The lowest BCUT2D eigenvalue weighted by molar-refractivity contribution is -0.671. The number of rotatable bonds is 4. The Kier molecular flexibility index (Phi) is 5.44. The van der Waals surface area contributed by atoms with Crippen molar-refractivity contribution in [2.45, 2.75) is 45.2 Å². The molecular weight excluding hydrogens is 298 g/mol. The molecule has 0 radical (unpaired) electrons. The highest BCUT2D eigenvalue weighted by molar-refractivity contribution is 5.69. The van der Waals surface area contributed by atoms with Gasteiger partial charge in [-0.05, 0) is 30.9 Å². The van der Waals surface area contributed by atoms with Gasteiger partial charge in [-0.1, -0.05) is 43.3 Å². The fraction of sp³-hybridized carbons (Fsp3) is 0.381. The monoisotopic (exact) mass is 324 g/mol. The number of pyridine rings is 1. The molecule has 1 aromatic heterocycles. The van der Waals surface area contributed by atoms with E-state index in [0.717, 1.165) is 18.4 Å². The topological polar surface area (TPSA) is 22.3 Å². The van der Waals surface area contributed by atoms with E-state index in [1.165, 1.54) is 11.1 Å². The van der Waals surface area contributed by atoms with E-state index in [2.05, 4.69) is 62.4 Å². The number of nitrogens with zero attached hydrogens (tertiary/aromatic N) is 1. The first-order valence-corrected chi connectivity index (χ1v) is 8.68. The highest BCUT2D eigenvalue weighted by Crippen LogP contribution is 2.31. The first-order valence-electron chi connectivity index (χ1n) is 8.68. The van der Waals surface area contributed by atoms with Gasteiger partial charge in [-0.15, -0.1) is 0 Å². The Morgan fingerprint density at radius 1 is 1.00 bits per heavy atom. The van der Waals surface area contributed by atoms with Crippen molar-refractivity contribution in [3.63, 3.8) is 0 Å². The Bertz CT molecular complexity index is 676. The van der Waals surface area contributed by atoms with Gasteiger partial charge in [-0.25, -0.2) is 4.57 Å². The van der Waals surface area contributed by atoms with Gasteiger partial charge in [0.25, 0.3) is 0 Å². The SMILES string of the molecule is CCC1CC(C)OC(c2ccc(C=Cc3cc[n+](C)cc3)cc2)O1. The molecule has 0 bridgehead atoms. The molecule has 1 saturated heterocycles. The Morgan fingerprint density at radius 3 is 2.25 bits per heavy atom. The van der Waals surface area contributed by atoms with E-state index in [4.69, 9.17) is 9.47 Å². The quantitative estimate of drug-likeness (QED) is 0.783. The van der Waals surface area contributed by atoms with Crippen molar-refractivity contribution in [1.82, 2.24) is 0 Å². The lowest BCUT2D eigenvalue weighted by Crippen LogP contribution is -2.31. The molecule has 1 fully saturated rings. The summed E-state index contributed by atoms with van der Waals surface area (Å²) in [6.07, 6.45) is 10.6. The molecule has 3 nitrogen and oxygen atoms in total. The van der Waals surface area contributed by atoms with Crippen LogP contribution in [-0.2, 0) is 16.5 Å². The minimum absolute atomic E-state index is 0.243. The summed E-state index contributed by atoms with van der Waals surface area (Å²) in [6, 6.07) is 12.6. The molecule has 1 aliphatic heterocycles. The number of hydrogen-bond acceptors (Lipinski definition) is 2. The van der Waals surface area contributed by atoms with Gasteiger partial charge in [-0.3, -0.25) is 0 Å². The van der Waals surface area contributed by atoms with Crippen molar-refractivity contribution >= 4 is 12.2 Å². The number of benzene rings is 1. The standard InChI is InChI=1S/C21H26NO2/c1-4-20-15-16(2)23-21(24-20)19-9-7-17(8-10-19)5-6-18-11-13-22(3)14-12-18/h5-14,16,20-21H,4,15H2,1-3H3/q+1. The summed E-state index contributed by atoms with van der Waals surface area (Å²) in [4.78, 5) is 0. The van der Waals surface area contributed by atoms with Crippen molar-refractivity contribution in [1.29, 1.82) is 0 Å². The number of aryl methyl sites for hydroxylation is 1. The third-order valence-electron chi connectivity index (χ3n) is 4.40. The summed E-state index contributed by atoms with van der Waals surface area (Å²) in [7, 11) is 2.02. The number of hydrogen-bond donors (Lipinski definition) is 0. The van der Waals surface area contributed by atoms with Crippen molar-refractivity contribution in [2.75, 3.05) is 0 Å². The van der Waals surface area contributed by atoms with Gasteiger partial charge in [0.05, 0.1) is 12.2 Å². The van der Waals surface area contributed by atoms with Crippen LogP contribution in [0.2, 0.25) is 0 Å². The minimum Gasteiger partial charge on any atom is -0.345 e. The van der Waals surface area contributed by atoms with E-state index in [1.807, 2.05) is 24.0 Å². The van der Waals surface area contributed by atoms with Gasteiger partial charge < -0.3 is 9.47 Å². The predicted octanol–water partition coefficient (Wildman–Crippen LogP) is 4.28. The van der Waals surface area contributed by atoms with Gasteiger partial charge in [0.2, 0.25) is 0 Å². The molecule has 3 heteroatoms. The van der Waals surface area contributed by atoms with Crippen LogP contribution < -0.4 is 4.57 Å². The summed E-state index contributed by atoms with van der Waals surface area (Å²) in [6.45, 7) is 4.28. The van der Waals surface area contributed by atoms with Crippen LogP contribution >= 0.6 is 0 Å². The third-order valence-corrected chi connectivity index (χ3v) is 4.40. The van der Waals surface area contributed by atoms with Gasteiger partial charge >= 0.3 is 0 Å². The largest absolute Gasteiger partial charge is 0.345 e. The highest BCUT2D eigenvalue weighted by atomic mass is 16.7. The van der Waals surface area contributed by atoms with Crippen molar-refractivity contribution in [2.24, 2.45) is 7.05 Å². The molecule has 1 aliphatic rings. The second-order valence-electron chi connectivity index (χ2n) is 6.48. The molecule has 126 valence electrons. The second-order valence-corrected chi connectivity index (χ2v) is 6.48. The Balaban J connectivity index is 1.67. The molecule has 1 aromatic carbocycles. The van der Waals surface area contributed by atoms with Crippen LogP contribution in [0.4, 0.5) is 0 Å².